The molecule has 91 heavy (non-hydrogen) atoms. The minimum atomic E-state index is -2.31. The molecule has 1 aliphatic heterocycles. The van der Waals surface area contributed by atoms with Gasteiger partial charge in [-0.3, -0.25) is 43.2 Å². The van der Waals surface area contributed by atoms with Crippen molar-refractivity contribution in [2.75, 3.05) is 88.3 Å². The average molecular weight is 2300 g/mol. The first-order valence-corrected chi connectivity index (χ1v) is 35.4. The number of nitrogens with zero attached hydrogens (tertiary/aromatic N) is 1. The zero-order valence-corrected chi connectivity index (χ0v) is 65.3. The van der Waals surface area contributed by atoms with Crippen LogP contribution in [0.4, 0.5) is 17.1 Å². The Morgan fingerprint density at radius 1 is 0.341 bits per heavy atom. The number of hydrogen-bond donors (Lipinski definition) is 23. The first-order chi connectivity index (χ1) is 42.6. The second-order valence-corrected chi connectivity index (χ2v) is 28.9. The molecule has 1 aliphatic rings. The van der Waals surface area contributed by atoms with Crippen molar-refractivity contribution in [3.05, 3.63) is 65.5 Å². The number of likely N-dealkylation sites (tertiary alicyclic amines) is 1. The lowest BCUT2D eigenvalue weighted by molar-refractivity contribution is -0.149. The molecule has 0 spiro atoms. The molecular formula is C49H56I9N9O24. The van der Waals surface area contributed by atoms with Crippen LogP contribution in [0.1, 0.15) is 62.1 Å². The van der Waals surface area contributed by atoms with Gasteiger partial charge in [0.2, 0.25) is 0 Å². The van der Waals surface area contributed by atoms with Crippen molar-refractivity contribution in [1.29, 1.82) is 0 Å². The molecule has 8 unspecified atom stereocenters. The van der Waals surface area contributed by atoms with Gasteiger partial charge in [-0.25, -0.2) is 0 Å². The molecule has 0 radical (unpaired) electrons. The molecule has 0 saturated carbocycles. The Morgan fingerprint density at radius 3 is 0.813 bits per heavy atom. The summed E-state index contributed by atoms with van der Waals surface area (Å²) in [6.07, 6.45) is -17.5. The molecule has 42 heteroatoms. The fourth-order valence-electron chi connectivity index (χ4n) is 8.14. The summed E-state index contributed by atoms with van der Waals surface area (Å²) in [5, 5.41) is 174. The predicted octanol–water partition coefficient (Wildman–Crippen LogP) is -4.61. The van der Waals surface area contributed by atoms with Crippen LogP contribution in [0, 0.1) is 32.1 Å². The molecule has 1 heterocycles. The number of rotatable bonds is 28. The van der Waals surface area contributed by atoms with Gasteiger partial charge >= 0.3 is 0 Å². The van der Waals surface area contributed by atoms with E-state index in [0.717, 1.165) is 0 Å². The van der Waals surface area contributed by atoms with Crippen molar-refractivity contribution < 1.29 is 120 Å². The SMILES string of the molecule is O=C(NCC(O)CO)c1c(I)c(NC(=O)C(O)CO)c(I)c(C(=O)NC[C@@H]2C(O)C(O)[C@@H](O)[C@H](CNC(=O)c3c(I)c(NC(=O)C(O)CO)c(I)c(C(=O)NCC(O)CO)c3I)N2C(=O)c2c(I)c(NC(=O)C(O)CO)c(I)c(C(=O)NCC(O)CO)c2I)c1I. The lowest BCUT2D eigenvalue weighted by atomic mass is 9.86. The minimum Gasteiger partial charge on any atom is -0.394 e. The number of carbonyl (C=O) groups is 9. The van der Waals surface area contributed by atoms with Gasteiger partial charge in [0, 0.05) is 43.4 Å². The van der Waals surface area contributed by atoms with Gasteiger partial charge in [0.25, 0.3) is 53.2 Å². The fraction of sp³-hybridized carbons (Fsp3) is 0.449. The quantitative estimate of drug-likeness (QED) is 0.0304. The van der Waals surface area contributed by atoms with Gasteiger partial charge in [0.15, 0.2) is 18.3 Å². The van der Waals surface area contributed by atoms with Gasteiger partial charge in [0.1, 0.15) is 18.3 Å². The molecule has 3 aromatic rings. The number of carbonyl (C=O) groups excluding carboxylic acids is 9. The van der Waals surface area contributed by atoms with Gasteiger partial charge in [-0.1, -0.05) is 0 Å². The van der Waals surface area contributed by atoms with Gasteiger partial charge < -0.3 is 124 Å². The summed E-state index contributed by atoms with van der Waals surface area (Å²) >= 11 is 14.5. The third kappa shape index (κ3) is 19.8. The number of amides is 9. The van der Waals surface area contributed by atoms with E-state index in [1.807, 2.05) is 0 Å². The van der Waals surface area contributed by atoms with E-state index in [0.29, 0.717) is 4.90 Å². The highest BCUT2D eigenvalue weighted by molar-refractivity contribution is 14.1. The van der Waals surface area contributed by atoms with Crippen molar-refractivity contribution >= 4 is 274 Å². The second kappa shape index (κ2) is 37.7. The molecule has 33 nitrogen and oxygen atoms in total. The van der Waals surface area contributed by atoms with Crippen LogP contribution in [0.2, 0.25) is 0 Å². The van der Waals surface area contributed by atoms with Crippen molar-refractivity contribution in [2.24, 2.45) is 0 Å². The first kappa shape index (κ1) is 82.3. The van der Waals surface area contributed by atoms with Crippen LogP contribution in [-0.4, -0.2) is 274 Å². The molecule has 3 aromatic carbocycles. The van der Waals surface area contributed by atoms with Crippen molar-refractivity contribution in [3.63, 3.8) is 0 Å². The van der Waals surface area contributed by atoms with E-state index >= 15 is 4.79 Å². The summed E-state index contributed by atoms with van der Waals surface area (Å²) in [6.45, 7) is -9.21. The number of halogens is 9. The smallest absolute Gasteiger partial charge is 0.256 e. The van der Waals surface area contributed by atoms with E-state index in [9.17, 15) is 115 Å². The standard InChI is InChI=1S/C49H56I9N9O24/c50-26-20(44(86)59-1-12(74)6-68)29(53)35(64-41(83)17(77)9-71)31(55)22(26)47(89)62-4-15-38(80)40(82)39(81)16(5-63-48(90)23-27(51)21(45(87)60-2-13(75)7-69)30(54)36(32(23)56)65-42(84)18(78)10-72)67(15)49(91)25-28(52)24(46(88)61-3-14(76)8-70)33(57)37(34(25)58)66-43(85)19(79)11-73/h12-19,38-40,68-82H,1-11H2,(H,59,86)(H,60,87)(H,61,88)(H,62,89)(H,63,90)(H,64,83)(H,65,84)(H,66,85)/t12?,13?,14?,15-,16+,17?,18?,19?,38-,39?,40?/m0/s1. The summed E-state index contributed by atoms with van der Waals surface area (Å²) in [5.74, 6) is -10.3. The number of benzene rings is 3. The zero-order chi connectivity index (χ0) is 69.0. The number of aliphatic hydroxyl groups excluding tert-OH is 15. The highest BCUT2D eigenvalue weighted by Gasteiger charge is 2.51. The summed E-state index contributed by atoms with van der Waals surface area (Å²) < 4.78 is -1.28. The molecule has 0 aliphatic carbocycles. The molecule has 0 aromatic heterocycles. The summed E-state index contributed by atoms with van der Waals surface area (Å²) in [5.41, 5.74) is -3.34. The molecule has 1 fully saturated rings. The van der Waals surface area contributed by atoms with Crippen LogP contribution in [0.15, 0.2) is 0 Å². The maximum atomic E-state index is 16.0. The second-order valence-electron chi connectivity index (χ2n) is 19.1. The predicted molar refractivity (Wildman–Crippen MR) is 392 cm³/mol. The van der Waals surface area contributed by atoms with Gasteiger partial charge in [-0.15, -0.1) is 0 Å². The van der Waals surface area contributed by atoms with E-state index in [1.165, 1.54) is 0 Å². The van der Waals surface area contributed by atoms with Crippen LogP contribution in [-0.2, 0) is 14.4 Å². The van der Waals surface area contributed by atoms with Gasteiger partial charge in [-0.2, -0.15) is 0 Å². The Hall–Kier alpha value is -1.14. The highest BCUT2D eigenvalue weighted by Crippen LogP contribution is 2.41. The molecule has 23 N–H and O–H groups in total. The third-order valence-corrected chi connectivity index (χ3v) is 22.7. The number of aliphatic hydroxyl groups is 15. The Balaban J connectivity index is 2.08. The Morgan fingerprint density at radius 2 is 0.571 bits per heavy atom. The maximum absolute atomic E-state index is 16.0. The molecule has 4 rings (SSSR count). The monoisotopic (exact) mass is 2300 g/mol. The third-order valence-electron chi connectivity index (χ3n) is 13.0. The summed E-state index contributed by atoms with van der Waals surface area (Å²) in [7, 11) is 0. The lowest BCUT2D eigenvalue weighted by Crippen LogP contribution is -2.71. The van der Waals surface area contributed by atoms with Crippen LogP contribution < -0.4 is 42.5 Å². The minimum absolute atomic E-state index is 0.0480. The van der Waals surface area contributed by atoms with Crippen molar-refractivity contribution in [1.82, 2.24) is 31.5 Å². The topological polar surface area (TPSA) is 557 Å². The first-order valence-electron chi connectivity index (χ1n) is 25.7. The van der Waals surface area contributed by atoms with Crippen LogP contribution in [0.3, 0.4) is 0 Å². The van der Waals surface area contributed by atoms with E-state index in [-0.39, 0.29) is 60.3 Å². The zero-order valence-electron chi connectivity index (χ0n) is 45.9. The molecular weight excluding hydrogens is 2240 g/mol. The molecule has 0 bridgehead atoms. The Kier molecular flexibility index (Phi) is 34.1. The van der Waals surface area contributed by atoms with Crippen molar-refractivity contribution in [3.8, 4) is 0 Å². The number of nitrogens with one attached hydrogen (secondary N) is 8. The summed E-state index contributed by atoms with van der Waals surface area (Å²) in [4.78, 5) is 128. The van der Waals surface area contributed by atoms with E-state index < -0.39 is 215 Å². The molecule has 1 saturated heterocycles. The molecule has 11 atom stereocenters. The summed E-state index contributed by atoms with van der Waals surface area (Å²) in [6, 6.07) is -3.98. The number of hydrogen-bond acceptors (Lipinski definition) is 24. The maximum Gasteiger partial charge on any atom is 0.256 e. The van der Waals surface area contributed by atoms with Gasteiger partial charge in [-0.05, 0) is 203 Å². The molecule has 504 valence electrons. The Bertz CT molecular complexity index is 3140. The Labute approximate surface area is 637 Å². The van der Waals surface area contributed by atoms with Gasteiger partial charge in [0.05, 0.1) is 142 Å². The number of piperidine rings is 1. The van der Waals surface area contributed by atoms with E-state index in [4.69, 9.17) is 0 Å². The van der Waals surface area contributed by atoms with Crippen molar-refractivity contribution in [2.45, 2.75) is 67.0 Å². The number of anilines is 3. The fourth-order valence-corrected chi connectivity index (χ4v) is 21.4. The van der Waals surface area contributed by atoms with Crippen LogP contribution in [0.25, 0.3) is 0 Å². The van der Waals surface area contributed by atoms with E-state index in [2.05, 4.69) is 42.5 Å². The average Bonchev–Trinajstić information content (AvgIpc) is 0.917. The largest absolute Gasteiger partial charge is 0.394 e. The van der Waals surface area contributed by atoms with Crippen LogP contribution in [0.5, 0.6) is 0 Å². The normalized spacial score (nSPS) is 18.4. The molecule has 9 amide bonds. The van der Waals surface area contributed by atoms with Crippen LogP contribution >= 0.6 is 203 Å². The van der Waals surface area contributed by atoms with E-state index in [1.54, 1.807) is 203 Å². The lowest BCUT2D eigenvalue weighted by Gasteiger charge is -2.49. The highest BCUT2D eigenvalue weighted by atomic mass is 127.